The van der Waals surface area contributed by atoms with E-state index in [-0.39, 0.29) is 0 Å². The molecular weight excluding hydrogens is 148 g/mol. The molecule has 0 bridgehead atoms. The number of terminal acetylenes is 1. The summed E-state index contributed by atoms with van der Waals surface area (Å²) in [4.78, 5) is 2.17. The quantitative estimate of drug-likeness (QED) is 0.590. The predicted molar refractivity (Wildman–Crippen MR) is 54.0 cm³/mol. The van der Waals surface area contributed by atoms with Gasteiger partial charge < -0.3 is 5.32 Å². The zero-order valence-electron chi connectivity index (χ0n) is 8.43. The molecule has 0 saturated carbocycles. The van der Waals surface area contributed by atoms with E-state index < -0.39 is 0 Å². The first-order valence-corrected chi connectivity index (χ1v) is 4.53. The molecule has 0 aliphatic rings. The molecule has 1 atom stereocenters. The molecule has 0 amide bonds. The van der Waals surface area contributed by atoms with Crippen molar-refractivity contribution in [2.24, 2.45) is 5.92 Å². The van der Waals surface area contributed by atoms with Crippen molar-refractivity contribution >= 4 is 0 Å². The second kappa shape index (κ2) is 7.15. The van der Waals surface area contributed by atoms with E-state index in [1.807, 2.05) is 0 Å². The molecule has 0 aromatic carbocycles. The van der Waals surface area contributed by atoms with Crippen LogP contribution in [0.3, 0.4) is 0 Å². The molecule has 0 rings (SSSR count). The largest absolute Gasteiger partial charge is 0.317 e. The van der Waals surface area contributed by atoms with Crippen molar-refractivity contribution in [3.63, 3.8) is 0 Å². The highest BCUT2D eigenvalue weighted by Gasteiger charge is 2.03. The van der Waals surface area contributed by atoms with E-state index in [1.165, 1.54) is 0 Å². The van der Waals surface area contributed by atoms with E-state index in [0.29, 0.717) is 5.92 Å². The van der Waals surface area contributed by atoms with Gasteiger partial charge in [-0.05, 0) is 26.1 Å². The number of rotatable bonds is 6. The third-order valence-corrected chi connectivity index (χ3v) is 1.73. The smallest absolute Gasteiger partial charge is 0.0596 e. The molecule has 1 N–H and O–H groups in total. The summed E-state index contributed by atoms with van der Waals surface area (Å²) in [7, 11) is 2.06. The minimum absolute atomic E-state index is 0.670. The Morgan fingerprint density at radius 3 is 2.75 bits per heavy atom. The average molecular weight is 168 g/mol. The van der Waals surface area contributed by atoms with Gasteiger partial charge in [0.25, 0.3) is 0 Å². The summed E-state index contributed by atoms with van der Waals surface area (Å²) in [5, 5.41) is 3.32. The zero-order valence-corrected chi connectivity index (χ0v) is 8.43. The molecule has 0 aromatic heterocycles. The first-order valence-electron chi connectivity index (χ1n) is 4.53. The molecule has 70 valence electrons. The van der Waals surface area contributed by atoms with Crippen molar-refractivity contribution in [1.29, 1.82) is 0 Å². The molecule has 0 aliphatic heterocycles. The van der Waals surface area contributed by atoms with Crippen LogP contribution in [0.2, 0.25) is 0 Å². The fraction of sp³-hybridized carbons (Fsp3) is 0.800. The Hall–Kier alpha value is -0.520. The van der Waals surface area contributed by atoms with Gasteiger partial charge in [-0.25, -0.2) is 0 Å². The Bertz CT molecular complexity index is 137. The summed E-state index contributed by atoms with van der Waals surface area (Å²) in [6, 6.07) is 0. The fourth-order valence-electron chi connectivity index (χ4n) is 1.21. The van der Waals surface area contributed by atoms with E-state index in [2.05, 4.69) is 37.0 Å². The van der Waals surface area contributed by atoms with Gasteiger partial charge in [-0.1, -0.05) is 19.8 Å². The standard InChI is InChI=1S/C10H20N2/c1-5-7-12(4)9-10(3)8-11-6-2/h1,10-11H,6-9H2,2-4H3. The molecular formula is C10H20N2. The normalized spacial score (nSPS) is 12.9. The van der Waals surface area contributed by atoms with Gasteiger partial charge in [0.2, 0.25) is 0 Å². The van der Waals surface area contributed by atoms with Gasteiger partial charge in [0.1, 0.15) is 0 Å². The van der Waals surface area contributed by atoms with Gasteiger partial charge in [-0.3, -0.25) is 4.90 Å². The monoisotopic (exact) mass is 168 g/mol. The Morgan fingerprint density at radius 2 is 2.25 bits per heavy atom. The van der Waals surface area contributed by atoms with Gasteiger partial charge in [0.15, 0.2) is 0 Å². The highest BCUT2D eigenvalue weighted by atomic mass is 15.1. The van der Waals surface area contributed by atoms with Gasteiger partial charge in [0.05, 0.1) is 6.54 Å². The van der Waals surface area contributed by atoms with Crippen LogP contribution in [0.25, 0.3) is 0 Å². The van der Waals surface area contributed by atoms with E-state index in [0.717, 1.165) is 26.2 Å². The topological polar surface area (TPSA) is 15.3 Å². The lowest BCUT2D eigenvalue weighted by Gasteiger charge is -2.18. The average Bonchev–Trinajstić information content (AvgIpc) is 2.01. The van der Waals surface area contributed by atoms with Crippen LogP contribution in [0.15, 0.2) is 0 Å². The second-order valence-corrected chi connectivity index (χ2v) is 3.31. The summed E-state index contributed by atoms with van der Waals surface area (Å²) in [6.07, 6.45) is 5.20. The molecule has 2 nitrogen and oxygen atoms in total. The van der Waals surface area contributed by atoms with E-state index in [9.17, 15) is 0 Å². The maximum Gasteiger partial charge on any atom is 0.0596 e. The molecule has 1 unspecified atom stereocenters. The second-order valence-electron chi connectivity index (χ2n) is 3.31. The predicted octanol–water partition coefficient (Wildman–Crippen LogP) is 0.797. The molecule has 12 heavy (non-hydrogen) atoms. The molecule has 2 heteroatoms. The highest BCUT2D eigenvalue weighted by Crippen LogP contribution is 1.95. The Balaban J connectivity index is 3.41. The lowest BCUT2D eigenvalue weighted by molar-refractivity contribution is 0.310. The highest BCUT2D eigenvalue weighted by molar-refractivity contribution is 4.87. The summed E-state index contributed by atoms with van der Waals surface area (Å²) >= 11 is 0. The van der Waals surface area contributed by atoms with Crippen LogP contribution in [-0.4, -0.2) is 38.1 Å². The Labute approximate surface area is 76.3 Å². The van der Waals surface area contributed by atoms with Crippen LogP contribution >= 0.6 is 0 Å². The maximum atomic E-state index is 5.20. The molecule has 0 saturated heterocycles. The Kier molecular flexibility index (Phi) is 6.84. The van der Waals surface area contributed by atoms with Crippen molar-refractivity contribution < 1.29 is 0 Å². The van der Waals surface area contributed by atoms with Crippen LogP contribution in [0.1, 0.15) is 13.8 Å². The van der Waals surface area contributed by atoms with Crippen molar-refractivity contribution in [1.82, 2.24) is 10.2 Å². The van der Waals surface area contributed by atoms with Crippen molar-refractivity contribution in [2.75, 3.05) is 33.2 Å². The van der Waals surface area contributed by atoms with Crippen LogP contribution in [0.5, 0.6) is 0 Å². The third-order valence-electron chi connectivity index (χ3n) is 1.73. The van der Waals surface area contributed by atoms with Crippen molar-refractivity contribution in [3.8, 4) is 12.3 Å². The number of nitrogens with zero attached hydrogens (tertiary/aromatic N) is 1. The van der Waals surface area contributed by atoms with Crippen molar-refractivity contribution in [2.45, 2.75) is 13.8 Å². The van der Waals surface area contributed by atoms with E-state index in [1.54, 1.807) is 0 Å². The summed E-state index contributed by atoms with van der Waals surface area (Å²) < 4.78 is 0. The maximum absolute atomic E-state index is 5.20. The Morgan fingerprint density at radius 1 is 1.58 bits per heavy atom. The summed E-state index contributed by atoms with van der Waals surface area (Å²) in [5.74, 6) is 3.30. The van der Waals surface area contributed by atoms with Gasteiger partial charge >= 0.3 is 0 Å². The van der Waals surface area contributed by atoms with Crippen LogP contribution in [0, 0.1) is 18.3 Å². The fourth-order valence-corrected chi connectivity index (χ4v) is 1.21. The van der Waals surface area contributed by atoms with E-state index in [4.69, 9.17) is 6.42 Å². The first kappa shape index (κ1) is 11.5. The minimum Gasteiger partial charge on any atom is -0.317 e. The van der Waals surface area contributed by atoms with Gasteiger partial charge in [-0.15, -0.1) is 6.42 Å². The zero-order chi connectivity index (χ0) is 9.40. The molecule has 0 aliphatic carbocycles. The van der Waals surface area contributed by atoms with Gasteiger partial charge in [-0.2, -0.15) is 0 Å². The van der Waals surface area contributed by atoms with Crippen LogP contribution in [-0.2, 0) is 0 Å². The number of hydrogen-bond donors (Lipinski definition) is 1. The molecule has 0 radical (unpaired) electrons. The molecule has 0 spiro atoms. The lowest BCUT2D eigenvalue weighted by atomic mass is 10.1. The SMILES string of the molecule is C#CCN(C)CC(C)CNCC. The summed E-state index contributed by atoms with van der Waals surface area (Å²) in [5.41, 5.74) is 0. The third kappa shape index (κ3) is 6.21. The van der Waals surface area contributed by atoms with Gasteiger partial charge in [0, 0.05) is 6.54 Å². The van der Waals surface area contributed by atoms with E-state index >= 15 is 0 Å². The minimum atomic E-state index is 0.670. The summed E-state index contributed by atoms with van der Waals surface area (Å²) in [6.45, 7) is 8.29. The molecule has 0 fully saturated rings. The lowest BCUT2D eigenvalue weighted by Crippen LogP contribution is -2.31. The molecule has 0 aromatic rings. The molecule has 0 heterocycles. The van der Waals surface area contributed by atoms with Crippen LogP contribution in [0.4, 0.5) is 0 Å². The number of nitrogens with one attached hydrogen (secondary N) is 1. The van der Waals surface area contributed by atoms with Crippen LogP contribution < -0.4 is 5.32 Å². The van der Waals surface area contributed by atoms with Crippen molar-refractivity contribution in [3.05, 3.63) is 0 Å². The number of hydrogen-bond acceptors (Lipinski definition) is 2. The first-order chi connectivity index (χ1) is 5.70.